The van der Waals surface area contributed by atoms with E-state index in [-0.39, 0.29) is 0 Å². The van der Waals surface area contributed by atoms with E-state index >= 15 is 0 Å². The van der Waals surface area contributed by atoms with Gasteiger partial charge in [-0.05, 0) is 17.5 Å². The third-order valence-corrected chi connectivity index (χ3v) is 2.78. The average molecular weight is 225 g/mol. The molecule has 0 atom stereocenters. The van der Waals surface area contributed by atoms with Crippen molar-refractivity contribution in [3.05, 3.63) is 54.1 Å². The Bertz CT molecular complexity index is 474. The second-order valence-corrected chi connectivity index (χ2v) is 4.05. The standard InChI is InChI=1S/C16H17O/c1-3-7-13-10-11-15(16(12-13)17-2)14-8-5-4-6-9-14/h4-6,8-11H,3,7H2,1-2H3. The zero-order valence-electron chi connectivity index (χ0n) is 10.4. The van der Waals surface area contributed by atoms with Crippen LogP contribution in [-0.2, 0) is 6.42 Å². The van der Waals surface area contributed by atoms with E-state index in [1.54, 1.807) is 7.11 Å². The van der Waals surface area contributed by atoms with Gasteiger partial charge in [0.15, 0.2) is 0 Å². The highest BCUT2D eigenvalue weighted by atomic mass is 16.5. The summed E-state index contributed by atoms with van der Waals surface area (Å²) in [5.74, 6) is 0.835. The molecule has 1 heteroatoms. The Hall–Kier alpha value is -1.76. The van der Waals surface area contributed by atoms with Gasteiger partial charge in [0.1, 0.15) is 5.75 Å². The van der Waals surface area contributed by atoms with Crippen LogP contribution in [0.1, 0.15) is 18.9 Å². The maximum atomic E-state index is 5.43. The molecule has 0 aliphatic carbocycles. The first-order valence-corrected chi connectivity index (χ1v) is 5.99. The van der Waals surface area contributed by atoms with E-state index in [1.165, 1.54) is 11.1 Å². The number of aryl methyl sites for hydroxylation is 1. The quantitative estimate of drug-likeness (QED) is 0.760. The van der Waals surface area contributed by atoms with Crippen molar-refractivity contribution in [1.29, 1.82) is 0 Å². The Balaban J connectivity index is 2.41. The van der Waals surface area contributed by atoms with E-state index < -0.39 is 0 Å². The Morgan fingerprint density at radius 2 is 1.82 bits per heavy atom. The largest absolute Gasteiger partial charge is 0.495 e. The lowest BCUT2D eigenvalue weighted by molar-refractivity contribution is 0.415. The van der Waals surface area contributed by atoms with Crippen LogP contribution < -0.4 is 4.74 Å². The molecule has 17 heavy (non-hydrogen) atoms. The molecule has 0 unspecified atom stereocenters. The summed E-state index contributed by atoms with van der Waals surface area (Å²) >= 11 is 0. The van der Waals surface area contributed by atoms with Crippen LogP contribution in [0.3, 0.4) is 0 Å². The van der Waals surface area contributed by atoms with Gasteiger partial charge >= 0.3 is 0 Å². The molecule has 0 heterocycles. The van der Waals surface area contributed by atoms with Crippen LogP contribution in [0.4, 0.5) is 0 Å². The minimum absolute atomic E-state index is 0.835. The van der Waals surface area contributed by atoms with Crippen molar-refractivity contribution in [3.63, 3.8) is 0 Å². The van der Waals surface area contributed by atoms with Crippen LogP contribution in [-0.4, -0.2) is 7.11 Å². The highest BCUT2D eigenvalue weighted by molar-refractivity contribution is 5.70. The summed E-state index contributed by atoms with van der Waals surface area (Å²) in [7, 11) is 1.70. The molecule has 1 radical (unpaired) electrons. The molecule has 1 nitrogen and oxygen atoms in total. The third kappa shape index (κ3) is 2.68. The Morgan fingerprint density at radius 1 is 1.06 bits per heavy atom. The summed E-state index contributed by atoms with van der Waals surface area (Å²) in [4.78, 5) is 0. The Morgan fingerprint density at radius 3 is 2.47 bits per heavy atom. The van der Waals surface area contributed by atoms with E-state index in [0.717, 1.165) is 24.2 Å². The minimum atomic E-state index is 0.835. The maximum absolute atomic E-state index is 5.43. The molecule has 0 aliphatic heterocycles. The van der Waals surface area contributed by atoms with E-state index in [1.807, 2.05) is 18.2 Å². The molecule has 0 aliphatic rings. The van der Waals surface area contributed by atoms with Crippen molar-refractivity contribution >= 4 is 0 Å². The summed E-state index contributed by atoms with van der Waals surface area (Å²) in [6.07, 6.45) is 2.18. The first-order chi connectivity index (χ1) is 8.35. The van der Waals surface area contributed by atoms with Crippen LogP contribution in [0.15, 0.2) is 42.5 Å². The average Bonchev–Trinajstić information content (AvgIpc) is 2.40. The smallest absolute Gasteiger partial charge is 0.134 e. The van der Waals surface area contributed by atoms with Crippen LogP contribution >= 0.6 is 0 Å². The number of methoxy groups -OCH3 is 1. The topological polar surface area (TPSA) is 9.23 Å². The first-order valence-electron chi connectivity index (χ1n) is 5.99. The fraction of sp³-hybridized carbons (Fsp3) is 0.250. The molecule has 2 aromatic carbocycles. The van der Waals surface area contributed by atoms with Crippen molar-refractivity contribution in [2.24, 2.45) is 0 Å². The van der Waals surface area contributed by atoms with Gasteiger partial charge in [0, 0.05) is 11.6 Å². The Labute approximate surface area is 103 Å². The molecule has 0 saturated heterocycles. The SMILES string of the molecule is CCCc1[c]c(OC)c(-c2ccccc2)cc1. The van der Waals surface area contributed by atoms with Crippen molar-refractivity contribution in [3.8, 4) is 16.9 Å². The summed E-state index contributed by atoms with van der Waals surface area (Å²) in [6, 6.07) is 17.9. The van der Waals surface area contributed by atoms with Crippen molar-refractivity contribution < 1.29 is 4.74 Å². The molecule has 0 saturated carbocycles. The maximum Gasteiger partial charge on any atom is 0.134 e. The van der Waals surface area contributed by atoms with Gasteiger partial charge in [0.2, 0.25) is 0 Å². The normalized spacial score (nSPS) is 10.2. The van der Waals surface area contributed by atoms with Gasteiger partial charge in [0.25, 0.3) is 0 Å². The highest BCUT2D eigenvalue weighted by Crippen LogP contribution is 2.30. The predicted molar refractivity (Wildman–Crippen MR) is 71.3 cm³/mol. The number of hydrogen-bond acceptors (Lipinski definition) is 1. The van der Waals surface area contributed by atoms with Crippen LogP contribution in [0.2, 0.25) is 0 Å². The van der Waals surface area contributed by atoms with E-state index in [0.29, 0.717) is 0 Å². The molecule has 0 aromatic heterocycles. The molecule has 0 fully saturated rings. The number of hydrogen-bond donors (Lipinski definition) is 0. The van der Waals surface area contributed by atoms with Gasteiger partial charge in [-0.15, -0.1) is 0 Å². The molecule has 2 rings (SSSR count). The van der Waals surface area contributed by atoms with E-state index in [9.17, 15) is 0 Å². The molecule has 0 spiro atoms. The van der Waals surface area contributed by atoms with Crippen LogP contribution in [0.5, 0.6) is 5.75 Å². The predicted octanol–water partition coefficient (Wildman–Crippen LogP) is 4.11. The fourth-order valence-electron chi connectivity index (χ4n) is 1.94. The van der Waals surface area contributed by atoms with Crippen molar-refractivity contribution in [1.82, 2.24) is 0 Å². The molecular formula is C16H17O. The van der Waals surface area contributed by atoms with Crippen LogP contribution in [0.25, 0.3) is 11.1 Å². The summed E-state index contributed by atoms with van der Waals surface area (Å²) < 4.78 is 5.43. The van der Waals surface area contributed by atoms with Gasteiger partial charge in [-0.1, -0.05) is 55.8 Å². The summed E-state index contributed by atoms with van der Waals surface area (Å²) in [5.41, 5.74) is 3.49. The van der Waals surface area contributed by atoms with Gasteiger partial charge in [0.05, 0.1) is 7.11 Å². The van der Waals surface area contributed by atoms with Gasteiger partial charge in [-0.3, -0.25) is 0 Å². The fourth-order valence-corrected chi connectivity index (χ4v) is 1.94. The first kappa shape index (κ1) is 11.7. The summed E-state index contributed by atoms with van der Waals surface area (Å²) in [5, 5.41) is 0. The van der Waals surface area contributed by atoms with E-state index in [2.05, 4.69) is 37.3 Å². The molecule has 0 amide bonds. The zero-order chi connectivity index (χ0) is 12.1. The van der Waals surface area contributed by atoms with Crippen LogP contribution in [0, 0.1) is 6.07 Å². The lowest BCUT2D eigenvalue weighted by Crippen LogP contribution is -1.91. The zero-order valence-corrected chi connectivity index (χ0v) is 10.4. The van der Waals surface area contributed by atoms with Crippen molar-refractivity contribution in [2.45, 2.75) is 19.8 Å². The van der Waals surface area contributed by atoms with Gasteiger partial charge < -0.3 is 4.74 Å². The lowest BCUT2D eigenvalue weighted by Gasteiger charge is -2.10. The lowest BCUT2D eigenvalue weighted by atomic mass is 10.0. The van der Waals surface area contributed by atoms with Gasteiger partial charge in [-0.2, -0.15) is 0 Å². The highest BCUT2D eigenvalue weighted by Gasteiger charge is 2.06. The second kappa shape index (κ2) is 5.53. The number of benzene rings is 2. The minimum Gasteiger partial charge on any atom is -0.495 e. The van der Waals surface area contributed by atoms with E-state index in [4.69, 9.17) is 4.74 Å². The molecule has 2 aromatic rings. The third-order valence-electron chi connectivity index (χ3n) is 2.78. The number of ether oxygens (including phenoxy) is 1. The monoisotopic (exact) mass is 225 g/mol. The molecule has 87 valence electrons. The molecular weight excluding hydrogens is 208 g/mol. The molecule has 0 bridgehead atoms. The number of rotatable bonds is 4. The Kier molecular flexibility index (Phi) is 3.81. The summed E-state index contributed by atoms with van der Waals surface area (Å²) in [6.45, 7) is 2.17. The van der Waals surface area contributed by atoms with Gasteiger partial charge in [-0.25, -0.2) is 0 Å². The second-order valence-electron chi connectivity index (χ2n) is 4.05. The van der Waals surface area contributed by atoms with Crippen molar-refractivity contribution in [2.75, 3.05) is 7.11 Å². The molecule has 0 N–H and O–H groups in total.